The highest BCUT2D eigenvalue weighted by atomic mass is 35.5. The topological polar surface area (TPSA) is 89.1 Å². The summed E-state index contributed by atoms with van der Waals surface area (Å²) >= 11 is 12.1. The Morgan fingerprint density at radius 1 is 1.25 bits per heavy atom. The molecular formula is C19H27Cl2N3O4. The van der Waals surface area contributed by atoms with E-state index in [0.717, 1.165) is 0 Å². The van der Waals surface area contributed by atoms with E-state index in [1.54, 1.807) is 26.0 Å². The molecule has 3 unspecified atom stereocenters. The van der Waals surface area contributed by atoms with E-state index in [9.17, 15) is 10.2 Å². The summed E-state index contributed by atoms with van der Waals surface area (Å²) in [4.78, 5) is 3.94. The highest BCUT2D eigenvalue weighted by Crippen LogP contribution is 2.46. The average Bonchev–Trinajstić information content (AvgIpc) is 3.06. The van der Waals surface area contributed by atoms with Gasteiger partial charge in [0.2, 0.25) is 5.28 Å². The number of hydrogen-bond acceptors (Lipinski definition) is 6. The van der Waals surface area contributed by atoms with Crippen molar-refractivity contribution in [2.45, 2.75) is 70.6 Å². The number of aliphatic hydroxyl groups is 2. The van der Waals surface area contributed by atoms with Gasteiger partial charge in [0.05, 0.1) is 24.0 Å². The molecule has 2 N–H and O–H groups in total. The highest BCUT2D eigenvalue weighted by Gasteiger charge is 2.51. The first-order valence-corrected chi connectivity index (χ1v) is 10.0. The van der Waals surface area contributed by atoms with Crippen LogP contribution < -0.4 is 0 Å². The Bertz CT molecular complexity index is 859. The maximum Gasteiger partial charge on any atom is 0.242 e. The molecule has 0 aliphatic heterocycles. The summed E-state index contributed by atoms with van der Waals surface area (Å²) in [6.07, 6.45) is 0.248. The van der Waals surface area contributed by atoms with Crippen LogP contribution in [0.3, 0.4) is 0 Å². The van der Waals surface area contributed by atoms with Gasteiger partial charge in [-0.1, -0.05) is 11.6 Å². The second-order valence-corrected chi connectivity index (χ2v) is 9.59. The molecule has 28 heavy (non-hydrogen) atoms. The fourth-order valence-corrected chi connectivity index (χ4v) is 4.10. The molecule has 1 aliphatic carbocycles. The second kappa shape index (κ2) is 7.38. The molecular weight excluding hydrogens is 405 g/mol. The standard InChI is InChI=1S/C19H27Cl2N3O4/c1-17(2,3)27-10-11-8-14(28-18(4,5)25)19(26,9-11)13-7-6-12-15(20)22-16(21)23-24(12)13/h6-7,11,14,25-26H,8-10H2,1-5H3. The maximum atomic E-state index is 11.7. The monoisotopic (exact) mass is 431 g/mol. The van der Waals surface area contributed by atoms with Gasteiger partial charge in [-0.3, -0.25) is 0 Å². The van der Waals surface area contributed by atoms with Gasteiger partial charge in [0.1, 0.15) is 11.1 Å². The largest absolute Gasteiger partial charge is 0.381 e. The van der Waals surface area contributed by atoms with Crippen LogP contribution in [0.5, 0.6) is 0 Å². The molecule has 2 heterocycles. The minimum atomic E-state index is -1.41. The van der Waals surface area contributed by atoms with Crippen molar-refractivity contribution in [1.29, 1.82) is 0 Å². The van der Waals surface area contributed by atoms with Crippen LogP contribution in [0.2, 0.25) is 10.4 Å². The van der Waals surface area contributed by atoms with E-state index in [1.165, 1.54) is 4.52 Å². The Balaban J connectivity index is 1.99. The molecule has 0 aromatic carbocycles. The number of nitrogens with zero attached hydrogens (tertiary/aromatic N) is 3. The zero-order valence-electron chi connectivity index (χ0n) is 16.7. The summed E-state index contributed by atoms with van der Waals surface area (Å²) in [6, 6.07) is 3.46. The molecule has 0 bridgehead atoms. The molecule has 0 radical (unpaired) electrons. The lowest BCUT2D eigenvalue weighted by molar-refractivity contribution is -0.241. The first-order chi connectivity index (χ1) is 12.8. The molecule has 2 aromatic rings. The van der Waals surface area contributed by atoms with Gasteiger partial charge >= 0.3 is 0 Å². The predicted molar refractivity (Wildman–Crippen MR) is 107 cm³/mol. The van der Waals surface area contributed by atoms with Crippen molar-refractivity contribution in [2.75, 3.05) is 6.61 Å². The number of aromatic nitrogens is 3. The summed E-state index contributed by atoms with van der Waals surface area (Å²) in [5, 5.41) is 26.3. The van der Waals surface area contributed by atoms with Gasteiger partial charge in [-0.25, -0.2) is 9.50 Å². The minimum absolute atomic E-state index is 0.0240. The van der Waals surface area contributed by atoms with Gasteiger partial charge in [-0.05, 0) is 77.1 Å². The van der Waals surface area contributed by atoms with E-state index in [-0.39, 0.29) is 22.0 Å². The Hall–Kier alpha value is -0.960. The second-order valence-electron chi connectivity index (χ2n) is 8.89. The average molecular weight is 432 g/mol. The Kier molecular flexibility index (Phi) is 5.73. The lowest BCUT2D eigenvalue weighted by Gasteiger charge is -2.33. The van der Waals surface area contributed by atoms with Gasteiger partial charge in [0.25, 0.3) is 0 Å². The molecule has 0 saturated heterocycles. The molecule has 1 aliphatic rings. The van der Waals surface area contributed by atoms with Crippen LogP contribution in [0, 0.1) is 5.92 Å². The quantitative estimate of drug-likeness (QED) is 0.703. The Morgan fingerprint density at radius 3 is 2.54 bits per heavy atom. The van der Waals surface area contributed by atoms with Crippen molar-refractivity contribution in [3.05, 3.63) is 28.3 Å². The third-order valence-corrected chi connectivity index (χ3v) is 5.18. The summed E-state index contributed by atoms with van der Waals surface area (Å²) < 4.78 is 13.3. The zero-order chi connectivity index (χ0) is 20.9. The molecule has 3 rings (SSSR count). The molecule has 1 saturated carbocycles. The molecule has 0 amide bonds. The van der Waals surface area contributed by atoms with Crippen molar-refractivity contribution in [3.63, 3.8) is 0 Å². The van der Waals surface area contributed by atoms with Crippen LogP contribution in [-0.4, -0.2) is 48.9 Å². The van der Waals surface area contributed by atoms with Crippen molar-refractivity contribution < 1.29 is 19.7 Å². The third kappa shape index (κ3) is 4.61. The van der Waals surface area contributed by atoms with E-state index in [0.29, 0.717) is 30.7 Å². The van der Waals surface area contributed by atoms with E-state index in [1.807, 2.05) is 20.8 Å². The molecule has 2 aromatic heterocycles. The Labute approximate surface area is 174 Å². The molecule has 9 heteroatoms. The fourth-order valence-electron chi connectivity index (χ4n) is 3.67. The zero-order valence-corrected chi connectivity index (χ0v) is 18.3. The minimum Gasteiger partial charge on any atom is -0.381 e. The normalized spacial score (nSPS) is 26.3. The first kappa shape index (κ1) is 21.7. The predicted octanol–water partition coefficient (Wildman–Crippen LogP) is 3.56. The number of hydrogen-bond donors (Lipinski definition) is 2. The van der Waals surface area contributed by atoms with Gasteiger partial charge < -0.3 is 19.7 Å². The van der Waals surface area contributed by atoms with Crippen LogP contribution in [0.15, 0.2) is 12.1 Å². The molecule has 7 nitrogen and oxygen atoms in total. The van der Waals surface area contributed by atoms with Crippen molar-refractivity contribution >= 4 is 28.7 Å². The number of ether oxygens (including phenoxy) is 2. The maximum absolute atomic E-state index is 11.7. The fraction of sp³-hybridized carbons (Fsp3) is 0.684. The third-order valence-electron chi connectivity index (χ3n) is 4.75. The lowest BCUT2D eigenvalue weighted by Crippen LogP contribution is -2.42. The van der Waals surface area contributed by atoms with Gasteiger partial charge in [-0.2, -0.15) is 0 Å². The molecule has 0 spiro atoms. The van der Waals surface area contributed by atoms with Crippen LogP contribution in [-0.2, 0) is 15.1 Å². The van der Waals surface area contributed by atoms with Crippen molar-refractivity contribution in [2.24, 2.45) is 5.92 Å². The van der Waals surface area contributed by atoms with Gasteiger partial charge in [-0.15, -0.1) is 5.10 Å². The van der Waals surface area contributed by atoms with Gasteiger partial charge in [0.15, 0.2) is 10.9 Å². The van der Waals surface area contributed by atoms with E-state index >= 15 is 0 Å². The van der Waals surface area contributed by atoms with Crippen molar-refractivity contribution in [1.82, 2.24) is 14.6 Å². The lowest BCUT2D eigenvalue weighted by atomic mass is 9.94. The number of halogens is 2. The summed E-state index contributed by atoms with van der Waals surface area (Å²) in [5.74, 6) is -1.37. The number of rotatable bonds is 5. The summed E-state index contributed by atoms with van der Waals surface area (Å²) in [7, 11) is 0. The first-order valence-electron chi connectivity index (χ1n) is 9.26. The number of fused-ring (bicyclic) bond motifs is 1. The van der Waals surface area contributed by atoms with Crippen LogP contribution in [0.1, 0.15) is 53.2 Å². The smallest absolute Gasteiger partial charge is 0.242 e. The SMILES string of the molecule is CC(C)(C)OCC1CC(OC(C)(C)O)C(O)(c2ccc3c(Cl)nc(Cl)nn23)C1. The van der Waals surface area contributed by atoms with E-state index < -0.39 is 17.5 Å². The summed E-state index contributed by atoms with van der Waals surface area (Å²) in [6.45, 7) is 9.51. The summed E-state index contributed by atoms with van der Waals surface area (Å²) in [5.41, 5.74) is -0.671. The molecule has 3 atom stereocenters. The van der Waals surface area contributed by atoms with Crippen LogP contribution in [0.4, 0.5) is 0 Å². The molecule has 156 valence electrons. The van der Waals surface area contributed by atoms with Crippen LogP contribution >= 0.6 is 23.2 Å². The van der Waals surface area contributed by atoms with Crippen LogP contribution in [0.25, 0.3) is 5.52 Å². The van der Waals surface area contributed by atoms with E-state index in [4.69, 9.17) is 32.7 Å². The molecule has 1 fully saturated rings. The van der Waals surface area contributed by atoms with Gasteiger partial charge in [0, 0.05) is 0 Å². The Morgan fingerprint density at radius 2 is 1.93 bits per heavy atom. The van der Waals surface area contributed by atoms with E-state index in [2.05, 4.69) is 10.1 Å². The van der Waals surface area contributed by atoms with Crippen molar-refractivity contribution in [3.8, 4) is 0 Å². The highest BCUT2D eigenvalue weighted by molar-refractivity contribution is 6.34.